The highest BCUT2D eigenvalue weighted by atomic mass is 35.5. The van der Waals surface area contributed by atoms with E-state index in [1.807, 2.05) is 6.92 Å². The number of benzene rings is 1. The molecule has 0 fully saturated rings. The molecule has 0 aliphatic rings. The van der Waals surface area contributed by atoms with Crippen molar-refractivity contribution in [3.8, 4) is 5.75 Å². The normalized spacial score (nSPS) is 11.1. The number of urea groups is 1. The smallest absolute Gasteiger partial charge is 0.319 e. The molecule has 3 N–H and O–H groups in total. The van der Waals surface area contributed by atoms with Gasteiger partial charge in [0.2, 0.25) is 0 Å². The van der Waals surface area contributed by atoms with E-state index in [1.165, 1.54) is 0 Å². The van der Waals surface area contributed by atoms with Gasteiger partial charge in [-0.2, -0.15) is 0 Å². The highest BCUT2D eigenvalue weighted by Gasteiger charge is 2.19. The summed E-state index contributed by atoms with van der Waals surface area (Å²) in [5, 5.41) is 15.0. The number of aliphatic hydroxyl groups excluding tert-OH is 1. The lowest BCUT2D eigenvalue weighted by Crippen LogP contribution is -2.48. The zero-order chi connectivity index (χ0) is 15.2. The van der Waals surface area contributed by atoms with Crippen LogP contribution in [0.4, 0.5) is 10.5 Å². The van der Waals surface area contributed by atoms with Crippen LogP contribution < -0.4 is 15.4 Å². The number of anilines is 1. The van der Waals surface area contributed by atoms with E-state index in [0.717, 1.165) is 6.42 Å². The molecule has 0 aliphatic carbocycles. The second kappa shape index (κ2) is 7.36. The largest absolute Gasteiger partial charge is 0.491 e. The Hall–Kier alpha value is -1.46. The van der Waals surface area contributed by atoms with Crippen LogP contribution in [0.5, 0.6) is 5.75 Å². The maximum atomic E-state index is 11.9. The fraction of sp³-hybridized carbons (Fsp3) is 0.500. The summed E-state index contributed by atoms with van der Waals surface area (Å²) in [5.41, 5.74) is -0.204. The van der Waals surface area contributed by atoms with Crippen molar-refractivity contribution >= 4 is 23.3 Å². The average molecular weight is 301 g/mol. The standard InChI is InChI=1S/C14H21ClN2O3/c1-4-7-20-12-6-5-10(15)8-11(12)16-13(19)17-14(2,3)9-18/h5-6,8,18H,4,7,9H2,1-3H3,(H2,16,17,19). The number of hydrogen-bond donors (Lipinski definition) is 3. The van der Waals surface area contributed by atoms with Crippen LogP contribution in [0.2, 0.25) is 5.02 Å². The van der Waals surface area contributed by atoms with Crippen molar-refractivity contribution < 1.29 is 14.6 Å². The summed E-state index contributed by atoms with van der Waals surface area (Å²) in [6, 6.07) is 4.61. The number of halogens is 1. The molecule has 0 aliphatic heterocycles. The van der Waals surface area contributed by atoms with E-state index in [0.29, 0.717) is 23.1 Å². The van der Waals surface area contributed by atoms with Crippen LogP contribution in [0, 0.1) is 0 Å². The fourth-order valence-corrected chi connectivity index (χ4v) is 1.61. The molecule has 0 unspecified atom stereocenters. The number of rotatable bonds is 6. The van der Waals surface area contributed by atoms with Crippen molar-refractivity contribution in [3.63, 3.8) is 0 Å². The molecule has 1 aromatic rings. The number of aliphatic hydroxyl groups is 1. The first kappa shape index (κ1) is 16.6. The Bertz CT molecular complexity index is 464. The van der Waals surface area contributed by atoms with Gasteiger partial charge in [-0.3, -0.25) is 0 Å². The minimum atomic E-state index is -0.701. The van der Waals surface area contributed by atoms with E-state index >= 15 is 0 Å². The molecular weight excluding hydrogens is 280 g/mol. The second-order valence-electron chi connectivity index (χ2n) is 5.11. The summed E-state index contributed by atoms with van der Waals surface area (Å²) < 4.78 is 5.55. The summed E-state index contributed by atoms with van der Waals surface area (Å²) in [4.78, 5) is 11.9. The summed E-state index contributed by atoms with van der Waals surface area (Å²) in [6.45, 7) is 5.84. The molecule has 5 nitrogen and oxygen atoms in total. The van der Waals surface area contributed by atoms with Crippen LogP contribution in [-0.2, 0) is 0 Å². The molecular formula is C14H21ClN2O3. The van der Waals surface area contributed by atoms with Crippen LogP contribution in [-0.4, -0.2) is 29.9 Å². The van der Waals surface area contributed by atoms with Crippen LogP contribution in [0.1, 0.15) is 27.2 Å². The number of hydrogen-bond acceptors (Lipinski definition) is 3. The Kier molecular flexibility index (Phi) is 6.10. The maximum absolute atomic E-state index is 11.9. The first-order valence-corrected chi connectivity index (χ1v) is 6.88. The Balaban J connectivity index is 2.79. The minimum Gasteiger partial charge on any atom is -0.491 e. The van der Waals surface area contributed by atoms with Crippen molar-refractivity contribution in [2.24, 2.45) is 0 Å². The third kappa shape index (κ3) is 5.27. The molecule has 0 bridgehead atoms. The Morgan fingerprint density at radius 2 is 2.15 bits per heavy atom. The first-order valence-electron chi connectivity index (χ1n) is 6.50. The summed E-state index contributed by atoms with van der Waals surface area (Å²) in [7, 11) is 0. The van der Waals surface area contributed by atoms with Crippen molar-refractivity contribution in [3.05, 3.63) is 23.2 Å². The molecule has 6 heteroatoms. The molecule has 0 saturated heterocycles. The quantitative estimate of drug-likeness (QED) is 0.756. The van der Waals surface area contributed by atoms with Crippen molar-refractivity contribution in [2.75, 3.05) is 18.5 Å². The molecule has 2 amide bonds. The summed E-state index contributed by atoms with van der Waals surface area (Å²) in [5.74, 6) is 0.563. The molecule has 0 atom stereocenters. The molecule has 0 heterocycles. The van der Waals surface area contributed by atoms with Crippen molar-refractivity contribution in [2.45, 2.75) is 32.7 Å². The van der Waals surface area contributed by atoms with E-state index in [2.05, 4.69) is 10.6 Å². The minimum absolute atomic E-state index is 0.158. The predicted molar refractivity (Wildman–Crippen MR) is 80.6 cm³/mol. The number of carbonyl (C=O) groups excluding carboxylic acids is 1. The van der Waals surface area contributed by atoms with E-state index < -0.39 is 11.6 Å². The fourth-order valence-electron chi connectivity index (χ4n) is 1.44. The van der Waals surface area contributed by atoms with Gasteiger partial charge in [0.05, 0.1) is 24.4 Å². The molecule has 0 spiro atoms. The van der Waals surface area contributed by atoms with Crippen LogP contribution >= 0.6 is 11.6 Å². The van der Waals surface area contributed by atoms with Gasteiger partial charge in [0, 0.05) is 5.02 Å². The van der Waals surface area contributed by atoms with Gasteiger partial charge < -0.3 is 20.5 Å². The number of nitrogens with one attached hydrogen (secondary N) is 2. The Labute approximate surface area is 124 Å². The molecule has 0 aromatic heterocycles. The van der Waals surface area contributed by atoms with E-state index in [9.17, 15) is 4.79 Å². The third-order valence-electron chi connectivity index (χ3n) is 2.50. The highest BCUT2D eigenvalue weighted by Crippen LogP contribution is 2.28. The molecule has 0 saturated carbocycles. The molecule has 1 aromatic carbocycles. The van der Waals surface area contributed by atoms with Gasteiger partial charge in [-0.25, -0.2) is 4.79 Å². The summed E-state index contributed by atoms with van der Waals surface area (Å²) in [6.07, 6.45) is 0.867. The van der Waals surface area contributed by atoms with Crippen molar-refractivity contribution in [1.82, 2.24) is 5.32 Å². The van der Waals surface area contributed by atoms with Gasteiger partial charge in [0.1, 0.15) is 5.75 Å². The van der Waals surface area contributed by atoms with Gasteiger partial charge in [0.15, 0.2) is 0 Å². The zero-order valence-corrected chi connectivity index (χ0v) is 12.8. The maximum Gasteiger partial charge on any atom is 0.319 e. The average Bonchev–Trinajstić information content (AvgIpc) is 2.37. The van der Waals surface area contributed by atoms with Crippen LogP contribution in [0.3, 0.4) is 0 Å². The van der Waals surface area contributed by atoms with E-state index in [4.69, 9.17) is 21.4 Å². The predicted octanol–water partition coefficient (Wildman–Crippen LogP) is 3.02. The van der Waals surface area contributed by atoms with E-state index in [1.54, 1.807) is 32.0 Å². The topological polar surface area (TPSA) is 70.6 Å². The third-order valence-corrected chi connectivity index (χ3v) is 2.73. The van der Waals surface area contributed by atoms with Crippen LogP contribution in [0.25, 0.3) is 0 Å². The Morgan fingerprint density at radius 3 is 2.75 bits per heavy atom. The van der Waals surface area contributed by atoms with Gasteiger partial charge in [0.25, 0.3) is 0 Å². The number of ether oxygens (including phenoxy) is 1. The SMILES string of the molecule is CCCOc1ccc(Cl)cc1NC(=O)NC(C)(C)CO. The Morgan fingerprint density at radius 1 is 1.45 bits per heavy atom. The monoisotopic (exact) mass is 300 g/mol. The molecule has 1 rings (SSSR count). The molecule has 112 valence electrons. The van der Waals surface area contributed by atoms with Gasteiger partial charge >= 0.3 is 6.03 Å². The lowest BCUT2D eigenvalue weighted by atomic mass is 10.1. The lowest BCUT2D eigenvalue weighted by Gasteiger charge is -2.24. The summed E-state index contributed by atoms with van der Waals surface area (Å²) >= 11 is 5.93. The molecule has 0 radical (unpaired) electrons. The lowest BCUT2D eigenvalue weighted by molar-refractivity contribution is 0.187. The van der Waals surface area contributed by atoms with Gasteiger partial charge in [-0.15, -0.1) is 0 Å². The zero-order valence-electron chi connectivity index (χ0n) is 12.0. The van der Waals surface area contributed by atoms with Gasteiger partial charge in [-0.05, 0) is 38.5 Å². The number of carbonyl (C=O) groups is 1. The van der Waals surface area contributed by atoms with E-state index in [-0.39, 0.29) is 6.61 Å². The second-order valence-corrected chi connectivity index (χ2v) is 5.55. The van der Waals surface area contributed by atoms with Crippen molar-refractivity contribution in [1.29, 1.82) is 0 Å². The van der Waals surface area contributed by atoms with Gasteiger partial charge in [-0.1, -0.05) is 18.5 Å². The number of amides is 2. The van der Waals surface area contributed by atoms with Crippen LogP contribution in [0.15, 0.2) is 18.2 Å². The first-order chi connectivity index (χ1) is 9.38. The highest BCUT2D eigenvalue weighted by molar-refractivity contribution is 6.31. The molecule has 20 heavy (non-hydrogen) atoms.